The standard InChI is InChI=1S/C8H10BrN/c1-2-3-7-4-5-8(9)10-6-7/h4-6H,2-3H2,1H3/i1D3,2D2,3D2,4D,5D,6D. The van der Waals surface area contributed by atoms with Crippen LogP contribution in [-0.4, -0.2) is 4.98 Å². The van der Waals surface area contributed by atoms with Crippen LogP contribution in [0.25, 0.3) is 0 Å². The van der Waals surface area contributed by atoms with Crippen molar-refractivity contribution in [2.45, 2.75) is 19.6 Å². The molecule has 1 nitrogen and oxygen atoms in total. The number of nitrogens with zero attached hydrogens (tertiary/aromatic N) is 1. The van der Waals surface area contributed by atoms with Crippen molar-refractivity contribution >= 4 is 15.9 Å². The average molecular weight is 210 g/mol. The van der Waals surface area contributed by atoms with Crippen molar-refractivity contribution in [3.8, 4) is 0 Å². The lowest BCUT2D eigenvalue weighted by molar-refractivity contribution is 0.912. The van der Waals surface area contributed by atoms with E-state index in [1.807, 2.05) is 0 Å². The van der Waals surface area contributed by atoms with E-state index in [0.717, 1.165) is 0 Å². The molecule has 0 N–H and O–H groups in total. The first-order valence-electron chi connectivity index (χ1n) is 7.39. The molecule has 0 spiro atoms. The van der Waals surface area contributed by atoms with E-state index in [0.29, 0.717) is 0 Å². The van der Waals surface area contributed by atoms with Gasteiger partial charge < -0.3 is 0 Å². The highest BCUT2D eigenvalue weighted by atomic mass is 79.9. The zero-order chi connectivity index (χ0) is 16.1. The highest BCUT2D eigenvalue weighted by Gasteiger charge is 1.90. The van der Waals surface area contributed by atoms with Crippen molar-refractivity contribution in [1.82, 2.24) is 4.98 Å². The SMILES string of the molecule is [2H]c1nc(Br)c([2H])c([2H])c1C([2H])([2H])C([2H])([2H])C([2H])([2H])[2H]. The Morgan fingerprint density at radius 2 is 2.80 bits per heavy atom. The monoisotopic (exact) mass is 209 g/mol. The fourth-order valence-electron chi connectivity index (χ4n) is 0.397. The fraction of sp³-hybridized carbons (Fsp3) is 0.375. The molecule has 10 heavy (non-hydrogen) atoms. The Morgan fingerprint density at radius 3 is 3.60 bits per heavy atom. The van der Waals surface area contributed by atoms with Crippen LogP contribution in [0.2, 0.25) is 0 Å². The van der Waals surface area contributed by atoms with Gasteiger partial charge in [-0.25, -0.2) is 4.98 Å². The van der Waals surface area contributed by atoms with Gasteiger partial charge in [0.15, 0.2) is 0 Å². The summed E-state index contributed by atoms with van der Waals surface area (Å²) in [6.45, 7) is -3.30. The molecule has 1 aromatic heterocycles. The lowest BCUT2D eigenvalue weighted by Gasteiger charge is -1.95. The van der Waals surface area contributed by atoms with E-state index in [1.165, 1.54) is 0 Å². The number of halogens is 1. The van der Waals surface area contributed by atoms with E-state index in [-0.39, 0.29) is 4.60 Å². The third-order valence-corrected chi connectivity index (χ3v) is 1.12. The second-order valence-corrected chi connectivity index (χ2v) is 2.14. The van der Waals surface area contributed by atoms with Crippen molar-refractivity contribution in [2.75, 3.05) is 0 Å². The summed E-state index contributed by atoms with van der Waals surface area (Å²) in [6.07, 6.45) is -7.29. The molecule has 0 amide bonds. The maximum Gasteiger partial charge on any atom is 0.106 e. The molecule has 1 rings (SSSR count). The van der Waals surface area contributed by atoms with E-state index in [9.17, 15) is 0 Å². The third-order valence-electron chi connectivity index (χ3n) is 0.744. The van der Waals surface area contributed by atoms with Crippen LogP contribution in [0.5, 0.6) is 0 Å². The number of hydrogen-bond donors (Lipinski definition) is 0. The zero-order valence-electron chi connectivity index (χ0n) is 14.8. The Morgan fingerprint density at radius 1 is 1.90 bits per heavy atom. The van der Waals surface area contributed by atoms with Gasteiger partial charge in [-0.05, 0) is 33.9 Å². The van der Waals surface area contributed by atoms with Crippen LogP contribution in [0.15, 0.2) is 22.9 Å². The van der Waals surface area contributed by atoms with Crippen LogP contribution in [0.1, 0.15) is 32.5 Å². The maximum atomic E-state index is 7.73. The van der Waals surface area contributed by atoms with Crippen molar-refractivity contribution < 1.29 is 13.7 Å². The number of rotatable bonds is 2. The van der Waals surface area contributed by atoms with Gasteiger partial charge >= 0.3 is 0 Å². The van der Waals surface area contributed by atoms with E-state index >= 15 is 0 Å². The van der Waals surface area contributed by atoms with Gasteiger partial charge in [-0.1, -0.05) is 19.3 Å². The van der Waals surface area contributed by atoms with Crippen molar-refractivity contribution in [2.24, 2.45) is 0 Å². The summed E-state index contributed by atoms with van der Waals surface area (Å²) in [6, 6.07) is -1.31. The quantitative estimate of drug-likeness (QED) is 0.684. The molecule has 54 valence electrons. The molecule has 0 aromatic carbocycles. The van der Waals surface area contributed by atoms with Gasteiger partial charge in [0.05, 0.1) is 4.11 Å². The predicted molar refractivity (Wildman–Crippen MR) is 45.9 cm³/mol. The second-order valence-electron chi connectivity index (χ2n) is 1.39. The normalized spacial score (nSPS) is 28.5. The van der Waals surface area contributed by atoms with E-state index in [2.05, 4.69) is 20.9 Å². The van der Waals surface area contributed by atoms with Crippen LogP contribution in [-0.2, 0) is 6.37 Å². The molecular weight excluding hydrogens is 190 g/mol. The first kappa shape index (κ1) is 1.86. The summed E-state index contributed by atoms with van der Waals surface area (Å²) in [5.41, 5.74) is -0.855. The summed E-state index contributed by atoms with van der Waals surface area (Å²) in [5, 5.41) is 0. The molecule has 0 saturated carbocycles. The summed E-state index contributed by atoms with van der Waals surface area (Å²) in [7, 11) is 0. The van der Waals surface area contributed by atoms with E-state index in [1.54, 1.807) is 0 Å². The number of pyridine rings is 1. The molecule has 1 heterocycles. The number of aromatic nitrogens is 1. The minimum Gasteiger partial charge on any atom is -0.249 e. The highest BCUT2D eigenvalue weighted by Crippen LogP contribution is 2.07. The minimum absolute atomic E-state index is 0.165. The summed E-state index contributed by atoms with van der Waals surface area (Å²) in [5.74, 6) is 0. The number of hydrogen-bond acceptors (Lipinski definition) is 1. The highest BCUT2D eigenvalue weighted by molar-refractivity contribution is 9.10. The van der Waals surface area contributed by atoms with Crippen molar-refractivity contribution in [3.05, 3.63) is 28.4 Å². The van der Waals surface area contributed by atoms with Crippen LogP contribution >= 0.6 is 15.9 Å². The molecule has 0 radical (unpaired) electrons. The maximum absolute atomic E-state index is 7.73. The Labute approximate surface area is 83.7 Å². The Hall–Kier alpha value is -0.370. The molecule has 0 atom stereocenters. The average Bonchev–Trinajstić information content (AvgIpc) is 2.23. The van der Waals surface area contributed by atoms with Crippen LogP contribution in [0.4, 0.5) is 0 Å². The molecule has 2 heteroatoms. The van der Waals surface area contributed by atoms with Crippen molar-refractivity contribution in [1.29, 1.82) is 0 Å². The molecule has 0 aliphatic heterocycles. The molecule has 1 aromatic rings. The Balaban J connectivity index is 3.64. The van der Waals surface area contributed by atoms with Gasteiger partial charge in [0, 0.05) is 15.8 Å². The molecule has 0 fully saturated rings. The molecule has 0 saturated heterocycles. The summed E-state index contributed by atoms with van der Waals surface area (Å²) >= 11 is 2.82. The minimum atomic E-state index is -3.34. The molecule has 0 bridgehead atoms. The van der Waals surface area contributed by atoms with Crippen molar-refractivity contribution in [3.63, 3.8) is 0 Å². The first-order chi connectivity index (χ1) is 8.75. The third kappa shape index (κ3) is 2.10. The smallest absolute Gasteiger partial charge is 0.106 e. The van der Waals surface area contributed by atoms with Crippen LogP contribution in [0, 0.1) is 0 Å². The lowest BCUT2D eigenvalue weighted by Crippen LogP contribution is -1.83. The van der Waals surface area contributed by atoms with Gasteiger partial charge in [-0.3, -0.25) is 0 Å². The topological polar surface area (TPSA) is 12.9 Å². The summed E-state index contributed by atoms with van der Waals surface area (Å²) in [4.78, 5) is 3.48. The molecule has 0 aliphatic carbocycles. The van der Waals surface area contributed by atoms with Gasteiger partial charge in [-0.15, -0.1) is 0 Å². The molecule has 0 aliphatic rings. The molecular formula is C8H10BrN. The Bertz CT molecular complexity index is 537. The zero-order valence-corrected chi connectivity index (χ0v) is 6.41. The van der Waals surface area contributed by atoms with E-state index in [4.69, 9.17) is 13.7 Å². The van der Waals surface area contributed by atoms with Gasteiger partial charge in [0.2, 0.25) is 0 Å². The summed E-state index contributed by atoms with van der Waals surface area (Å²) < 4.78 is 74.3. The van der Waals surface area contributed by atoms with Crippen LogP contribution < -0.4 is 0 Å². The largest absolute Gasteiger partial charge is 0.249 e. The fourth-order valence-corrected chi connectivity index (χ4v) is 0.584. The second kappa shape index (κ2) is 3.71. The molecule has 0 unspecified atom stereocenters. The van der Waals surface area contributed by atoms with Crippen LogP contribution in [0.3, 0.4) is 0 Å². The van der Waals surface area contributed by atoms with Gasteiger partial charge in [0.25, 0.3) is 0 Å². The van der Waals surface area contributed by atoms with E-state index < -0.39 is 43.4 Å². The predicted octanol–water partition coefficient (Wildman–Crippen LogP) is 2.80. The van der Waals surface area contributed by atoms with Gasteiger partial charge in [0.1, 0.15) is 4.60 Å². The van der Waals surface area contributed by atoms with Gasteiger partial charge in [-0.2, -0.15) is 0 Å². The lowest BCUT2D eigenvalue weighted by atomic mass is 10.2. The first-order valence-corrected chi connectivity index (χ1v) is 3.18. The Kier molecular flexibility index (Phi) is 0.691.